The maximum Gasteiger partial charge on any atom is 0.313 e. The molecule has 64 heavy (non-hydrogen) atoms. The van der Waals surface area contributed by atoms with E-state index in [9.17, 15) is 20.3 Å². The van der Waals surface area contributed by atoms with E-state index < -0.39 is 17.0 Å². The molecule has 7 nitrogen and oxygen atoms in total. The number of allylic oxidation sites excluding steroid dienone is 6. The van der Waals surface area contributed by atoms with E-state index in [2.05, 4.69) is 81.7 Å². The van der Waals surface area contributed by atoms with Gasteiger partial charge < -0.3 is 20.3 Å². The molecule has 0 aromatic rings. The van der Waals surface area contributed by atoms with Gasteiger partial charge >= 0.3 is 5.97 Å². The molecule has 7 aliphatic rings. The Bertz CT molecular complexity index is 1800. The van der Waals surface area contributed by atoms with Crippen molar-refractivity contribution in [3.05, 3.63) is 60.4 Å². The van der Waals surface area contributed by atoms with Gasteiger partial charge in [0.25, 0.3) is 0 Å². The average Bonchev–Trinajstić information content (AvgIpc) is 3.66. The minimum absolute atomic E-state index is 0. The van der Waals surface area contributed by atoms with Crippen LogP contribution >= 0.6 is 11.8 Å². The number of hydrogen-bond acceptors (Lipinski definition) is 7. The molecule has 0 aromatic heterocycles. The Morgan fingerprint density at radius 1 is 0.922 bits per heavy atom. The summed E-state index contributed by atoms with van der Waals surface area (Å²) in [6, 6.07) is 2.09. The molecule has 0 bridgehead atoms. The van der Waals surface area contributed by atoms with Crippen LogP contribution < -0.4 is 5.32 Å². The fourth-order valence-electron chi connectivity index (χ4n) is 15.2. The standard InChI is InChI=1S/C51H75N3O4S.2C2H6.CH4/c1-9-34-18-27-51(54-31-30-50(57)25-19-37(59-8)20-26-50)29-28-47(6)39-14-15-42-46(4,5)38(21-22-48(42,7)40(39)12-13-41(47)43(34)51)36-16-23-49(24-17-36,45(55)56)33-58-44(53-11-3)35(10-2)32-52;2*1-2;/h9-11,16,21,34,37,39-43,54,57H,1,3,12-15,17-20,22-31,33H2,2,4-8H3,(H,55,56);2*1-2H3;1H4/b35-10-,53-44?;;;/t34-,37?,39?,40?,41?,42?,43-,47+,48?,49-,50?,51?;;;/m1.../s1. The van der Waals surface area contributed by atoms with Gasteiger partial charge in [0.1, 0.15) is 23.7 Å². The van der Waals surface area contributed by atoms with Crippen LogP contribution in [0.1, 0.15) is 179 Å². The molecule has 6 unspecified atom stereocenters. The molecule has 0 saturated heterocycles. The van der Waals surface area contributed by atoms with E-state index in [1.807, 2.05) is 39.5 Å². The first-order valence-electron chi connectivity index (χ1n) is 25.2. The van der Waals surface area contributed by atoms with Crippen molar-refractivity contribution in [3.63, 3.8) is 0 Å². The van der Waals surface area contributed by atoms with Crippen molar-refractivity contribution in [1.82, 2.24) is 5.32 Å². The van der Waals surface area contributed by atoms with Crippen LogP contribution in [0.5, 0.6) is 0 Å². The number of nitrogens with one attached hydrogen (secondary N) is 1. The molecule has 0 radical (unpaired) electrons. The van der Waals surface area contributed by atoms with Crippen LogP contribution in [0.2, 0.25) is 0 Å². The third kappa shape index (κ3) is 9.85. The molecule has 0 amide bonds. The van der Waals surface area contributed by atoms with Crippen molar-refractivity contribution in [2.45, 2.75) is 195 Å². The third-order valence-electron chi connectivity index (χ3n) is 18.6. The Labute approximate surface area is 395 Å². The van der Waals surface area contributed by atoms with Gasteiger partial charge in [-0.2, -0.15) is 17.0 Å². The van der Waals surface area contributed by atoms with Crippen molar-refractivity contribution >= 4 is 23.6 Å². The number of carbonyl (C=O) groups is 1. The number of nitrogens with zero attached hydrogens (tertiary/aromatic N) is 2. The minimum atomic E-state index is -1.08. The van der Waals surface area contributed by atoms with Crippen molar-refractivity contribution in [2.24, 2.45) is 62.2 Å². The van der Waals surface area contributed by atoms with E-state index in [1.54, 1.807) is 13.0 Å². The first kappa shape index (κ1) is 54.0. The fourth-order valence-corrected chi connectivity index (χ4v) is 15.9. The number of carboxylic acids is 1. The summed E-state index contributed by atoms with van der Waals surface area (Å²) in [7, 11) is 0. The zero-order chi connectivity index (χ0) is 46.4. The molecule has 7 aliphatic carbocycles. The molecule has 0 aliphatic heterocycles. The Kier molecular flexibility index (Phi) is 18.6. The van der Waals surface area contributed by atoms with Gasteiger partial charge in [0.15, 0.2) is 0 Å². The molecule has 360 valence electrons. The maximum atomic E-state index is 12.8. The van der Waals surface area contributed by atoms with Crippen LogP contribution in [-0.4, -0.2) is 57.9 Å². The van der Waals surface area contributed by atoms with E-state index in [0.29, 0.717) is 59.5 Å². The lowest BCUT2D eigenvalue weighted by Crippen LogP contribution is -2.64. The Morgan fingerprint density at radius 2 is 1.58 bits per heavy atom. The number of thioether (sulfide) groups is 1. The van der Waals surface area contributed by atoms with Gasteiger partial charge in [-0.1, -0.05) is 93.7 Å². The molecular weight excluding hydrogens is 811 g/mol. The summed E-state index contributed by atoms with van der Waals surface area (Å²) in [5.41, 5.74) is 2.14. The number of ether oxygens (including phenoxy) is 1. The molecular formula is C56H91N3O4S. The van der Waals surface area contributed by atoms with Crippen molar-refractivity contribution in [1.29, 1.82) is 5.26 Å². The summed E-state index contributed by atoms with van der Waals surface area (Å²) in [6.07, 6.45) is 30.1. The van der Waals surface area contributed by atoms with Crippen molar-refractivity contribution in [3.8, 4) is 6.07 Å². The quantitative estimate of drug-likeness (QED) is 0.0773. The van der Waals surface area contributed by atoms with E-state index in [1.165, 1.54) is 68.7 Å². The highest BCUT2D eigenvalue weighted by Crippen LogP contribution is 2.72. The van der Waals surface area contributed by atoms with Gasteiger partial charge in [-0.05, 0) is 192 Å². The van der Waals surface area contributed by atoms with Gasteiger partial charge in [0.05, 0.1) is 5.60 Å². The number of hydrogen-bond donors (Lipinski definition) is 3. The van der Waals surface area contributed by atoms with Gasteiger partial charge in [-0.15, -0.1) is 6.58 Å². The molecule has 3 N–H and O–H groups in total. The van der Waals surface area contributed by atoms with E-state index in [0.717, 1.165) is 51.0 Å². The summed E-state index contributed by atoms with van der Waals surface area (Å²) in [5, 5.41) is 36.6. The summed E-state index contributed by atoms with van der Waals surface area (Å²) in [5.74, 6) is 3.15. The van der Waals surface area contributed by atoms with Crippen molar-refractivity contribution < 1.29 is 19.7 Å². The van der Waals surface area contributed by atoms with Crippen molar-refractivity contribution in [2.75, 3.05) is 19.4 Å². The van der Waals surface area contributed by atoms with Gasteiger partial charge in [0, 0.05) is 17.0 Å². The molecule has 10 atom stereocenters. The lowest BCUT2D eigenvalue weighted by atomic mass is 9.37. The van der Waals surface area contributed by atoms with Crippen LogP contribution in [0, 0.1) is 68.5 Å². The number of carboxylic acid groups (broad SMARTS) is 1. The molecule has 8 heteroatoms. The zero-order valence-electron chi connectivity index (χ0n) is 41.3. The highest BCUT2D eigenvalue weighted by Gasteiger charge is 2.66. The highest BCUT2D eigenvalue weighted by molar-refractivity contribution is 7.99. The van der Waals surface area contributed by atoms with E-state index in [-0.39, 0.29) is 41.9 Å². The first-order chi connectivity index (χ1) is 30.1. The Hall–Kier alpha value is -2.60. The number of fused-ring (bicyclic) bond motifs is 7. The summed E-state index contributed by atoms with van der Waals surface area (Å²) in [6.45, 7) is 29.0. The van der Waals surface area contributed by atoms with Crippen LogP contribution in [0.25, 0.3) is 0 Å². The van der Waals surface area contributed by atoms with E-state index >= 15 is 0 Å². The molecule has 0 spiro atoms. The minimum Gasteiger partial charge on any atom is -0.481 e. The summed E-state index contributed by atoms with van der Waals surface area (Å²) in [4.78, 5) is 17.0. The molecule has 5 saturated carbocycles. The van der Waals surface area contributed by atoms with Crippen LogP contribution in [0.3, 0.4) is 0 Å². The number of aliphatic imine (C=N–C) groups is 1. The monoisotopic (exact) mass is 902 g/mol. The predicted molar refractivity (Wildman–Crippen MR) is 271 cm³/mol. The largest absolute Gasteiger partial charge is 0.481 e. The van der Waals surface area contributed by atoms with Crippen LogP contribution in [-0.2, 0) is 9.53 Å². The fraction of sp³-hybridized carbons (Fsp3) is 0.768. The lowest BCUT2D eigenvalue weighted by molar-refractivity contribution is -0.170. The Morgan fingerprint density at radius 3 is 2.16 bits per heavy atom. The smallest absolute Gasteiger partial charge is 0.313 e. The van der Waals surface area contributed by atoms with Gasteiger partial charge in [-0.25, -0.2) is 4.99 Å². The maximum absolute atomic E-state index is 12.8. The normalized spacial score (nSPS) is 39.9. The number of rotatable bonds is 12. The first-order valence-corrected chi connectivity index (χ1v) is 26.5. The molecule has 0 aromatic carbocycles. The average molecular weight is 902 g/mol. The topological polar surface area (TPSA) is 115 Å². The second-order valence-corrected chi connectivity index (χ2v) is 22.4. The zero-order valence-corrected chi connectivity index (χ0v) is 42.1. The SMILES string of the molecule is C.C=CN=C(OC[C@@]1(C(=O)O)CC=C(C2=CCC3(C)C4CCC5[C@H]6[C@H](C=C)CCC6(NCCC6(O)CCC(SC)CC6)CC[C@@]5(C)C4CCC3C2(C)C)CC1)/C(C#N)=C\C.CC.CC. The number of aliphatic carboxylic acids is 1. The van der Waals surface area contributed by atoms with Crippen LogP contribution in [0.4, 0.5) is 0 Å². The second kappa shape index (κ2) is 22.0. The second-order valence-electron chi connectivity index (χ2n) is 21.3. The molecule has 0 heterocycles. The van der Waals surface area contributed by atoms with Gasteiger partial charge in [0.2, 0.25) is 5.90 Å². The molecule has 5 fully saturated rings. The summed E-state index contributed by atoms with van der Waals surface area (Å²) >= 11 is 1.97. The number of nitriles is 1. The summed E-state index contributed by atoms with van der Waals surface area (Å²) < 4.78 is 5.97. The Balaban J connectivity index is 0.00000175. The third-order valence-corrected chi connectivity index (χ3v) is 19.7. The van der Waals surface area contributed by atoms with Gasteiger partial charge in [-0.3, -0.25) is 4.79 Å². The predicted octanol–water partition coefficient (Wildman–Crippen LogP) is 14.1. The highest BCUT2D eigenvalue weighted by atomic mass is 32.2. The van der Waals surface area contributed by atoms with E-state index in [4.69, 9.17) is 4.74 Å². The van der Waals surface area contributed by atoms with Crippen LogP contribution in [0.15, 0.2) is 65.4 Å². The molecule has 7 rings (SSSR count). The number of aliphatic hydroxyl groups is 1. The lowest BCUT2D eigenvalue weighted by Gasteiger charge is -2.68.